The first-order chi connectivity index (χ1) is 19.8. The van der Waals surface area contributed by atoms with Gasteiger partial charge in [0.1, 0.15) is 0 Å². The van der Waals surface area contributed by atoms with Crippen LogP contribution in [0.2, 0.25) is 5.02 Å². The number of hydrogen-bond donors (Lipinski definition) is 1. The van der Waals surface area contributed by atoms with Crippen LogP contribution in [0.3, 0.4) is 0 Å². The van der Waals surface area contributed by atoms with E-state index in [2.05, 4.69) is 5.32 Å². The molecule has 7 nitrogen and oxygen atoms in total. The van der Waals surface area contributed by atoms with E-state index in [0.717, 1.165) is 22.6 Å². The minimum absolute atomic E-state index is 0.248. The van der Waals surface area contributed by atoms with Gasteiger partial charge >= 0.3 is 0 Å². The number of nitrogens with zero attached hydrogens (tertiary/aromatic N) is 4. The van der Waals surface area contributed by atoms with Crippen molar-refractivity contribution in [1.82, 2.24) is 14.3 Å². The number of rotatable bonds is 5. The van der Waals surface area contributed by atoms with Gasteiger partial charge in [0.25, 0.3) is 11.5 Å². The van der Waals surface area contributed by atoms with Crippen molar-refractivity contribution in [3.8, 4) is 5.69 Å². The van der Waals surface area contributed by atoms with Gasteiger partial charge in [0.15, 0.2) is 4.80 Å². The van der Waals surface area contributed by atoms with E-state index in [0.29, 0.717) is 36.9 Å². The zero-order valence-corrected chi connectivity index (χ0v) is 24.2. The van der Waals surface area contributed by atoms with Crippen LogP contribution in [0.25, 0.3) is 11.8 Å². The Morgan fingerprint density at radius 1 is 0.951 bits per heavy atom. The Bertz CT molecular complexity index is 2010. The van der Waals surface area contributed by atoms with Gasteiger partial charge < -0.3 is 5.32 Å². The fourth-order valence-electron chi connectivity index (χ4n) is 5.14. The summed E-state index contributed by atoms with van der Waals surface area (Å²) in [5, 5.41) is 8.15. The van der Waals surface area contributed by atoms with Crippen molar-refractivity contribution in [3.05, 3.63) is 143 Å². The molecule has 1 N–H and O–H groups in total. The lowest BCUT2D eigenvalue weighted by atomic mass is 9.95. The minimum atomic E-state index is -0.750. The molecule has 3 heterocycles. The first kappa shape index (κ1) is 26.7. The maximum absolute atomic E-state index is 14.1. The Balaban J connectivity index is 1.52. The first-order valence-electron chi connectivity index (χ1n) is 13.1. The molecule has 5 aromatic rings. The third-order valence-corrected chi connectivity index (χ3v) is 8.45. The second kappa shape index (κ2) is 10.8. The highest BCUT2D eigenvalue weighted by Crippen LogP contribution is 2.34. The van der Waals surface area contributed by atoms with Crippen molar-refractivity contribution < 1.29 is 4.79 Å². The van der Waals surface area contributed by atoms with Gasteiger partial charge in [-0.2, -0.15) is 5.10 Å². The molecule has 0 unspecified atom stereocenters. The summed E-state index contributed by atoms with van der Waals surface area (Å²) in [6, 6.07) is 25.6. The minimum Gasteiger partial charge on any atom is -0.322 e. The molecule has 1 aliphatic heterocycles. The largest absolute Gasteiger partial charge is 0.322 e. The SMILES string of the molecule is CC1=C(C(=O)Nc2ccccc2)[C@H](c2ccccc2Cl)n2c(s/c(=C/c3c(C)nn(-c4ccccc4)c3C)c2=O)=N1. The number of aromatic nitrogens is 3. The van der Waals surface area contributed by atoms with Gasteiger partial charge in [-0.25, -0.2) is 9.67 Å². The van der Waals surface area contributed by atoms with Crippen LogP contribution in [0, 0.1) is 13.8 Å². The van der Waals surface area contributed by atoms with E-state index in [-0.39, 0.29) is 11.5 Å². The van der Waals surface area contributed by atoms with Crippen LogP contribution in [0.4, 0.5) is 5.69 Å². The average molecular weight is 580 g/mol. The van der Waals surface area contributed by atoms with E-state index in [1.807, 2.05) is 103 Å². The molecule has 0 fully saturated rings. The number of benzene rings is 3. The second-order valence-electron chi connectivity index (χ2n) is 9.76. The second-order valence-corrected chi connectivity index (χ2v) is 11.2. The molecule has 0 saturated heterocycles. The number of amides is 1. The molecule has 204 valence electrons. The lowest BCUT2D eigenvalue weighted by molar-refractivity contribution is -0.113. The number of halogens is 1. The van der Waals surface area contributed by atoms with Gasteiger partial charge in [-0.15, -0.1) is 0 Å². The Morgan fingerprint density at radius 3 is 2.32 bits per heavy atom. The van der Waals surface area contributed by atoms with E-state index in [1.54, 1.807) is 17.6 Å². The molecule has 0 bridgehead atoms. The molecular weight excluding hydrogens is 554 g/mol. The molecule has 0 radical (unpaired) electrons. The molecule has 1 amide bonds. The highest BCUT2D eigenvalue weighted by molar-refractivity contribution is 7.07. The number of allylic oxidation sites excluding steroid dienone is 1. The Hall–Kier alpha value is -4.53. The van der Waals surface area contributed by atoms with Crippen LogP contribution in [-0.4, -0.2) is 20.3 Å². The number of aryl methyl sites for hydroxylation is 1. The van der Waals surface area contributed by atoms with E-state index < -0.39 is 6.04 Å². The van der Waals surface area contributed by atoms with Crippen LogP contribution in [0.15, 0.2) is 106 Å². The predicted octanol–water partition coefficient (Wildman–Crippen LogP) is 5.33. The molecule has 9 heteroatoms. The maximum atomic E-state index is 14.1. The molecule has 2 aromatic heterocycles. The third kappa shape index (κ3) is 4.85. The monoisotopic (exact) mass is 579 g/mol. The van der Waals surface area contributed by atoms with E-state index >= 15 is 0 Å². The molecule has 1 atom stereocenters. The van der Waals surface area contributed by atoms with Crippen molar-refractivity contribution >= 4 is 40.6 Å². The van der Waals surface area contributed by atoms with Crippen molar-refractivity contribution in [2.24, 2.45) is 4.99 Å². The first-order valence-corrected chi connectivity index (χ1v) is 14.3. The quantitative estimate of drug-likeness (QED) is 0.306. The normalized spacial score (nSPS) is 15.0. The number of carbonyl (C=O) groups is 1. The summed E-state index contributed by atoms with van der Waals surface area (Å²) >= 11 is 7.96. The summed E-state index contributed by atoms with van der Waals surface area (Å²) in [4.78, 5) is 33.1. The lowest BCUT2D eigenvalue weighted by Gasteiger charge is -2.26. The smallest absolute Gasteiger partial charge is 0.271 e. The fraction of sp³-hybridized carbons (Fsp3) is 0.125. The zero-order chi connectivity index (χ0) is 28.7. The third-order valence-electron chi connectivity index (χ3n) is 7.12. The van der Waals surface area contributed by atoms with Crippen molar-refractivity contribution in [3.63, 3.8) is 0 Å². The molecule has 0 spiro atoms. The number of para-hydroxylation sites is 2. The van der Waals surface area contributed by atoms with Crippen LogP contribution in [-0.2, 0) is 4.79 Å². The lowest BCUT2D eigenvalue weighted by Crippen LogP contribution is -2.40. The highest BCUT2D eigenvalue weighted by Gasteiger charge is 2.33. The molecule has 41 heavy (non-hydrogen) atoms. The molecule has 0 saturated carbocycles. The van der Waals surface area contributed by atoms with Gasteiger partial charge in [0, 0.05) is 22.0 Å². The average Bonchev–Trinajstić information content (AvgIpc) is 3.43. The number of fused-ring (bicyclic) bond motifs is 1. The Morgan fingerprint density at radius 2 is 1.61 bits per heavy atom. The maximum Gasteiger partial charge on any atom is 0.271 e. The molecule has 0 aliphatic carbocycles. The number of anilines is 1. The predicted molar refractivity (Wildman–Crippen MR) is 163 cm³/mol. The fourth-order valence-corrected chi connectivity index (χ4v) is 6.41. The van der Waals surface area contributed by atoms with Crippen LogP contribution in [0.1, 0.15) is 35.5 Å². The van der Waals surface area contributed by atoms with Gasteiger partial charge in [-0.1, -0.05) is 77.5 Å². The summed E-state index contributed by atoms with van der Waals surface area (Å²) in [6.07, 6.45) is 1.87. The number of carbonyl (C=O) groups excluding carboxylic acids is 1. The Labute approximate surface area is 245 Å². The molecule has 6 rings (SSSR count). The van der Waals surface area contributed by atoms with Gasteiger partial charge in [0.05, 0.1) is 33.2 Å². The number of thiazole rings is 1. The summed E-state index contributed by atoms with van der Waals surface area (Å²) < 4.78 is 3.95. The standard InChI is InChI=1S/C32H26ClN5O2S/c1-19-25(21(3)38(36-19)23-14-8-5-9-15-23)18-27-31(40)37-29(24-16-10-11-17-26(24)33)28(20(2)34-32(37)41-27)30(39)35-22-12-6-4-7-13-22/h4-18,29H,1-3H3,(H,35,39)/b27-18+/t29-/m0/s1. The summed E-state index contributed by atoms with van der Waals surface area (Å²) in [6.45, 7) is 5.70. The zero-order valence-electron chi connectivity index (χ0n) is 22.6. The summed E-state index contributed by atoms with van der Waals surface area (Å²) in [5.41, 5.74) is 5.48. The van der Waals surface area contributed by atoms with E-state index in [9.17, 15) is 9.59 Å². The highest BCUT2D eigenvalue weighted by atomic mass is 35.5. The van der Waals surface area contributed by atoms with E-state index in [1.165, 1.54) is 11.3 Å². The van der Waals surface area contributed by atoms with Gasteiger partial charge in [-0.3, -0.25) is 14.2 Å². The van der Waals surface area contributed by atoms with Gasteiger partial charge in [0.2, 0.25) is 0 Å². The Kier molecular flexibility index (Phi) is 7.03. The molecule has 1 aliphatic rings. The number of hydrogen-bond acceptors (Lipinski definition) is 5. The molecule has 3 aromatic carbocycles. The van der Waals surface area contributed by atoms with Crippen LogP contribution < -0.4 is 20.2 Å². The summed E-state index contributed by atoms with van der Waals surface area (Å²) in [7, 11) is 0. The van der Waals surface area contributed by atoms with Crippen molar-refractivity contribution in [2.45, 2.75) is 26.8 Å². The van der Waals surface area contributed by atoms with E-state index in [4.69, 9.17) is 21.7 Å². The van der Waals surface area contributed by atoms with Gasteiger partial charge in [-0.05, 0) is 62.7 Å². The number of nitrogens with one attached hydrogen (secondary N) is 1. The topological polar surface area (TPSA) is 81.3 Å². The van der Waals surface area contributed by atoms with Crippen LogP contribution in [0.5, 0.6) is 0 Å². The molecular formula is C32H26ClN5O2S. The summed E-state index contributed by atoms with van der Waals surface area (Å²) in [5.74, 6) is -0.340. The van der Waals surface area contributed by atoms with Crippen molar-refractivity contribution in [1.29, 1.82) is 0 Å². The van der Waals surface area contributed by atoms with Crippen LogP contribution >= 0.6 is 22.9 Å². The van der Waals surface area contributed by atoms with Crippen molar-refractivity contribution in [2.75, 3.05) is 5.32 Å².